The lowest BCUT2D eigenvalue weighted by molar-refractivity contribution is -0.137. The zero-order chi connectivity index (χ0) is 12.5. The Bertz CT molecular complexity index is 382. The first-order chi connectivity index (χ1) is 7.23. The quantitative estimate of drug-likeness (QED) is 0.878. The van der Waals surface area contributed by atoms with Crippen LogP contribution >= 0.6 is 24.0 Å². The van der Waals surface area contributed by atoms with Crippen LogP contribution in [0, 0.1) is 0 Å². The first-order valence-corrected chi connectivity index (χ1v) is 4.91. The first kappa shape index (κ1) is 16.5. The fraction of sp³-hybridized carbons (Fsp3) is 0.400. The van der Waals surface area contributed by atoms with Crippen molar-refractivity contribution in [2.45, 2.75) is 25.2 Å². The molecule has 17 heavy (non-hydrogen) atoms. The SMILES string of the molecule is C[C@@H](O)[C@@H](N)c1ccc(Cl)c(C(F)(F)F)c1.Cl. The molecule has 0 radical (unpaired) electrons. The van der Waals surface area contributed by atoms with Gasteiger partial charge in [-0.1, -0.05) is 17.7 Å². The molecular weight excluding hydrogens is 278 g/mol. The monoisotopic (exact) mass is 289 g/mol. The molecule has 0 aromatic heterocycles. The molecule has 0 aliphatic rings. The molecule has 0 aliphatic carbocycles. The standard InChI is InChI=1S/C10H11ClF3NO.ClH/c1-5(16)9(15)6-2-3-8(11)7(4-6)10(12,13)14;/h2-5,9,16H,15H2,1H3;1H/t5-,9-;/m1./s1. The molecule has 0 bridgehead atoms. The van der Waals surface area contributed by atoms with E-state index in [1.807, 2.05) is 0 Å². The molecule has 1 aromatic carbocycles. The minimum atomic E-state index is -4.52. The van der Waals surface area contributed by atoms with Crippen LogP contribution in [0.4, 0.5) is 13.2 Å². The number of aliphatic hydroxyl groups is 1. The second-order valence-corrected chi connectivity index (χ2v) is 3.91. The van der Waals surface area contributed by atoms with Crippen LogP contribution in [0.15, 0.2) is 18.2 Å². The summed E-state index contributed by atoms with van der Waals surface area (Å²) >= 11 is 5.44. The third kappa shape index (κ3) is 4.03. The molecule has 0 fully saturated rings. The molecule has 0 saturated heterocycles. The molecule has 0 heterocycles. The minimum absolute atomic E-state index is 0. The van der Waals surface area contributed by atoms with E-state index >= 15 is 0 Å². The predicted molar refractivity (Wildman–Crippen MR) is 62.3 cm³/mol. The maximum absolute atomic E-state index is 12.5. The lowest BCUT2D eigenvalue weighted by Crippen LogP contribution is -2.23. The Balaban J connectivity index is 0.00000256. The van der Waals surface area contributed by atoms with E-state index in [-0.39, 0.29) is 23.0 Å². The average molecular weight is 290 g/mol. The van der Waals surface area contributed by atoms with Gasteiger partial charge in [0.2, 0.25) is 0 Å². The zero-order valence-electron chi connectivity index (χ0n) is 8.83. The van der Waals surface area contributed by atoms with Crippen molar-refractivity contribution >= 4 is 24.0 Å². The van der Waals surface area contributed by atoms with Gasteiger partial charge in [0, 0.05) is 0 Å². The van der Waals surface area contributed by atoms with Gasteiger partial charge in [0.1, 0.15) is 0 Å². The topological polar surface area (TPSA) is 46.2 Å². The van der Waals surface area contributed by atoms with Crippen LogP contribution in [0.5, 0.6) is 0 Å². The van der Waals surface area contributed by atoms with Crippen LogP contribution < -0.4 is 5.73 Å². The molecule has 0 unspecified atom stereocenters. The van der Waals surface area contributed by atoms with Crippen molar-refractivity contribution in [2.75, 3.05) is 0 Å². The summed E-state index contributed by atoms with van der Waals surface area (Å²) in [6.45, 7) is 1.41. The van der Waals surface area contributed by atoms with Gasteiger partial charge in [0.25, 0.3) is 0 Å². The predicted octanol–water partition coefficient (Wildman–Crippen LogP) is 3.16. The second kappa shape index (κ2) is 5.91. The smallest absolute Gasteiger partial charge is 0.391 e. The molecule has 2 nitrogen and oxygen atoms in total. The van der Waals surface area contributed by atoms with E-state index in [4.69, 9.17) is 17.3 Å². The highest BCUT2D eigenvalue weighted by Gasteiger charge is 2.33. The Labute approximate surface area is 108 Å². The molecule has 98 valence electrons. The van der Waals surface area contributed by atoms with Crippen LogP contribution in [-0.4, -0.2) is 11.2 Å². The lowest BCUT2D eigenvalue weighted by Gasteiger charge is -2.17. The Morgan fingerprint density at radius 2 is 1.88 bits per heavy atom. The third-order valence-corrected chi connectivity index (χ3v) is 2.53. The van der Waals surface area contributed by atoms with Crippen LogP contribution in [0.1, 0.15) is 24.1 Å². The summed E-state index contributed by atoms with van der Waals surface area (Å²) in [5, 5.41) is 8.82. The fourth-order valence-corrected chi connectivity index (χ4v) is 1.47. The number of aliphatic hydroxyl groups excluding tert-OH is 1. The summed E-state index contributed by atoms with van der Waals surface area (Å²) in [7, 11) is 0. The molecule has 0 amide bonds. The van der Waals surface area contributed by atoms with E-state index in [9.17, 15) is 18.3 Å². The van der Waals surface area contributed by atoms with Gasteiger partial charge in [-0.05, 0) is 24.6 Å². The first-order valence-electron chi connectivity index (χ1n) is 4.53. The van der Waals surface area contributed by atoms with E-state index in [1.165, 1.54) is 13.0 Å². The van der Waals surface area contributed by atoms with E-state index in [0.717, 1.165) is 12.1 Å². The number of hydrogen-bond donors (Lipinski definition) is 2. The summed E-state index contributed by atoms with van der Waals surface area (Å²) in [5.41, 5.74) is 4.80. The van der Waals surface area contributed by atoms with Crippen LogP contribution in [0.25, 0.3) is 0 Å². The van der Waals surface area contributed by atoms with E-state index in [0.29, 0.717) is 0 Å². The van der Waals surface area contributed by atoms with Crippen molar-refractivity contribution < 1.29 is 18.3 Å². The van der Waals surface area contributed by atoms with Gasteiger partial charge in [0.15, 0.2) is 0 Å². The Morgan fingerprint density at radius 1 is 1.35 bits per heavy atom. The lowest BCUT2D eigenvalue weighted by atomic mass is 10.0. The van der Waals surface area contributed by atoms with Gasteiger partial charge in [-0.25, -0.2) is 0 Å². The van der Waals surface area contributed by atoms with Crippen LogP contribution in [0.3, 0.4) is 0 Å². The molecule has 0 saturated carbocycles. The van der Waals surface area contributed by atoms with E-state index in [2.05, 4.69) is 0 Å². The second-order valence-electron chi connectivity index (χ2n) is 3.50. The van der Waals surface area contributed by atoms with Gasteiger partial charge < -0.3 is 10.8 Å². The van der Waals surface area contributed by atoms with E-state index < -0.39 is 23.9 Å². The van der Waals surface area contributed by atoms with Crippen molar-refractivity contribution in [1.29, 1.82) is 0 Å². The Morgan fingerprint density at radius 3 is 2.29 bits per heavy atom. The van der Waals surface area contributed by atoms with E-state index in [1.54, 1.807) is 0 Å². The van der Waals surface area contributed by atoms with Crippen molar-refractivity contribution in [3.05, 3.63) is 34.3 Å². The molecule has 0 spiro atoms. The number of rotatable bonds is 2. The highest BCUT2D eigenvalue weighted by molar-refractivity contribution is 6.31. The summed E-state index contributed by atoms with van der Waals surface area (Å²) in [6.07, 6.45) is -5.45. The van der Waals surface area contributed by atoms with Gasteiger partial charge in [-0.3, -0.25) is 0 Å². The molecule has 0 aliphatic heterocycles. The molecule has 1 rings (SSSR count). The summed E-state index contributed by atoms with van der Waals surface area (Å²) in [4.78, 5) is 0. The van der Waals surface area contributed by atoms with Crippen molar-refractivity contribution in [3.8, 4) is 0 Å². The maximum Gasteiger partial charge on any atom is 0.417 e. The molecule has 2 atom stereocenters. The zero-order valence-corrected chi connectivity index (χ0v) is 10.4. The normalized spacial score (nSPS) is 15.0. The summed E-state index contributed by atoms with van der Waals surface area (Å²) in [6, 6.07) is 2.50. The van der Waals surface area contributed by atoms with Gasteiger partial charge in [-0.2, -0.15) is 13.2 Å². The highest BCUT2D eigenvalue weighted by atomic mass is 35.5. The minimum Gasteiger partial charge on any atom is -0.391 e. The van der Waals surface area contributed by atoms with Gasteiger partial charge >= 0.3 is 6.18 Å². The summed E-state index contributed by atoms with van der Waals surface area (Å²) < 4.78 is 37.5. The molecular formula is C10H12Cl2F3NO. The molecule has 3 N–H and O–H groups in total. The van der Waals surface area contributed by atoms with Gasteiger partial charge in [-0.15, -0.1) is 12.4 Å². The van der Waals surface area contributed by atoms with Gasteiger partial charge in [0.05, 0.1) is 22.7 Å². The number of alkyl halides is 3. The largest absolute Gasteiger partial charge is 0.417 e. The fourth-order valence-electron chi connectivity index (χ4n) is 1.25. The number of benzene rings is 1. The maximum atomic E-state index is 12.5. The van der Waals surface area contributed by atoms with Crippen LogP contribution in [-0.2, 0) is 6.18 Å². The highest BCUT2D eigenvalue weighted by Crippen LogP contribution is 2.36. The molecule has 1 aromatic rings. The van der Waals surface area contributed by atoms with Crippen molar-refractivity contribution in [1.82, 2.24) is 0 Å². The number of hydrogen-bond acceptors (Lipinski definition) is 2. The van der Waals surface area contributed by atoms with Crippen molar-refractivity contribution in [2.24, 2.45) is 5.73 Å². The Hall–Kier alpha value is -0.490. The third-order valence-electron chi connectivity index (χ3n) is 2.20. The molecule has 7 heteroatoms. The summed E-state index contributed by atoms with van der Waals surface area (Å²) in [5.74, 6) is 0. The van der Waals surface area contributed by atoms with Crippen LogP contribution in [0.2, 0.25) is 5.02 Å². The average Bonchev–Trinajstić information content (AvgIpc) is 2.15. The van der Waals surface area contributed by atoms with Crippen molar-refractivity contribution in [3.63, 3.8) is 0 Å². The Kier molecular flexibility index (Phi) is 5.74. The number of nitrogens with two attached hydrogens (primary N) is 1. The number of halogens is 5.